The van der Waals surface area contributed by atoms with Gasteiger partial charge < -0.3 is 0 Å². The van der Waals surface area contributed by atoms with Crippen LogP contribution < -0.4 is 9.80 Å². The molecule has 12 aromatic rings. The van der Waals surface area contributed by atoms with Crippen molar-refractivity contribution in [2.45, 2.75) is 90.9 Å². The predicted octanol–water partition coefficient (Wildman–Crippen LogP) is 15.1. The lowest BCUT2D eigenvalue weighted by Gasteiger charge is -2.30. The van der Waals surface area contributed by atoms with Gasteiger partial charge in [0.1, 0.15) is 23.3 Å². The maximum absolute atomic E-state index is 16.3. The summed E-state index contributed by atoms with van der Waals surface area (Å²) in [5.41, 5.74) is 2.79. The largest absolute Gasteiger partial charge is 0.274 e. The highest BCUT2D eigenvalue weighted by atomic mass is 19.1. The van der Waals surface area contributed by atoms with E-state index in [1.165, 1.54) is 73.3 Å². The fourth-order valence-corrected chi connectivity index (χ4v) is 14.2. The third kappa shape index (κ3) is 8.47. The van der Waals surface area contributed by atoms with E-state index in [2.05, 4.69) is 33.8 Å². The first-order valence-corrected chi connectivity index (χ1v) is 30.9. The first kappa shape index (κ1) is 57.7. The summed E-state index contributed by atoms with van der Waals surface area (Å²) >= 11 is 0. The van der Waals surface area contributed by atoms with Gasteiger partial charge in [-0.1, -0.05) is 90.2 Å². The van der Waals surface area contributed by atoms with Crippen LogP contribution in [0.25, 0.3) is 86.7 Å². The molecule has 0 saturated heterocycles. The van der Waals surface area contributed by atoms with Gasteiger partial charge in [0.15, 0.2) is 0 Å². The average molecular weight is 1230 g/mol. The van der Waals surface area contributed by atoms with E-state index in [9.17, 15) is 47.1 Å². The third-order valence-electron chi connectivity index (χ3n) is 18.5. The Morgan fingerprint density at radius 1 is 0.304 bits per heavy atom. The molecule has 0 unspecified atom stereocenters. The van der Waals surface area contributed by atoms with Crippen molar-refractivity contribution >= 4 is 145 Å². The zero-order chi connectivity index (χ0) is 63.7. The monoisotopic (exact) mass is 1230 g/mol. The molecule has 4 aliphatic heterocycles. The van der Waals surface area contributed by atoms with Crippen molar-refractivity contribution in [2.24, 2.45) is 0 Å². The molecule has 16 rings (SSSR count). The van der Waals surface area contributed by atoms with E-state index in [4.69, 9.17) is 0 Å². The fourth-order valence-electron chi connectivity index (χ4n) is 14.2. The van der Waals surface area contributed by atoms with Crippen LogP contribution in [0, 0.1) is 23.3 Å². The summed E-state index contributed by atoms with van der Waals surface area (Å²) in [6, 6.07) is 19.1. The Labute approximate surface area is 520 Å². The van der Waals surface area contributed by atoms with E-state index in [1.54, 1.807) is 24.3 Å². The Hall–Kier alpha value is -10.8. The number of hydrogen-bond acceptors (Lipinski definition) is 12. The molecule has 0 aliphatic carbocycles. The van der Waals surface area contributed by atoms with Crippen LogP contribution in [0.3, 0.4) is 0 Å². The quantitative estimate of drug-likeness (QED) is 0.0292. The molecule has 16 nitrogen and oxygen atoms in total. The highest BCUT2D eigenvalue weighted by Crippen LogP contribution is 2.49. The van der Waals surface area contributed by atoms with Crippen LogP contribution >= 0.6 is 0 Å². The minimum atomic E-state index is -0.780. The number of nitrogens with zero attached hydrogens (tertiary/aromatic N) is 8. The molecular weight excluding hydrogens is 1180 g/mol. The van der Waals surface area contributed by atoms with Crippen molar-refractivity contribution in [3.63, 3.8) is 0 Å². The van der Waals surface area contributed by atoms with Gasteiger partial charge in [-0.05, 0) is 85.6 Å². The van der Waals surface area contributed by atoms with Gasteiger partial charge in [-0.25, -0.2) is 27.4 Å². The summed E-state index contributed by atoms with van der Waals surface area (Å²) < 4.78 is 59.8. The molecule has 8 aromatic carbocycles. The molecule has 0 bridgehead atoms. The predicted molar refractivity (Wildman–Crippen MR) is 339 cm³/mol. The number of pyridine rings is 4. The van der Waals surface area contributed by atoms with Crippen LogP contribution in [0.15, 0.2) is 110 Å². The number of amides is 8. The normalized spacial score (nSPS) is 14.7. The number of carbonyl (C=O) groups is 8. The van der Waals surface area contributed by atoms with Gasteiger partial charge in [-0.2, -0.15) is 0 Å². The van der Waals surface area contributed by atoms with Crippen LogP contribution in [0.2, 0.25) is 0 Å². The molecule has 8 amide bonds. The summed E-state index contributed by atoms with van der Waals surface area (Å²) in [6.45, 7) is 4.68. The minimum absolute atomic E-state index is 0.0145. The molecule has 456 valence electrons. The summed E-state index contributed by atoms with van der Waals surface area (Å²) in [7, 11) is 0. The second kappa shape index (κ2) is 22.0. The van der Waals surface area contributed by atoms with Gasteiger partial charge in [-0.15, -0.1) is 0 Å². The summed E-state index contributed by atoms with van der Waals surface area (Å²) in [5.74, 6) is -7.10. The maximum Gasteiger partial charge on any atom is 0.267 e. The molecule has 0 saturated carbocycles. The van der Waals surface area contributed by atoms with E-state index in [0.717, 1.165) is 95.9 Å². The van der Waals surface area contributed by atoms with E-state index < -0.39 is 70.5 Å². The number of rotatable bonds is 16. The van der Waals surface area contributed by atoms with Crippen LogP contribution in [0.5, 0.6) is 0 Å². The first-order chi connectivity index (χ1) is 44.6. The molecule has 0 atom stereocenters. The number of imide groups is 4. The topological polar surface area (TPSA) is 201 Å². The van der Waals surface area contributed by atoms with Crippen molar-refractivity contribution in [3.8, 4) is 0 Å². The lowest BCUT2D eigenvalue weighted by molar-refractivity contribution is 0.0591. The number of hydrogen-bond donors (Lipinski definition) is 0. The van der Waals surface area contributed by atoms with Crippen molar-refractivity contribution in [1.82, 2.24) is 29.7 Å². The Morgan fingerprint density at radius 2 is 0.620 bits per heavy atom. The van der Waals surface area contributed by atoms with Gasteiger partial charge in [0.2, 0.25) is 0 Å². The summed E-state index contributed by atoms with van der Waals surface area (Å²) in [4.78, 5) is 132. The second-order valence-electron chi connectivity index (χ2n) is 23.9. The first-order valence-electron chi connectivity index (χ1n) is 30.9. The Balaban J connectivity index is 0.000000153. The minimum Gasteiger partial charge on any atom is -0.274 e. The highest BCUT2D eigenvalue weighted by molar-refractivity contribution is 6.45. The van der Waals surface area contributed by atoms with Gasteiger partial charge >= 0.3 is 0 Å². The Bertz CT molecular complexity index is 4850. The fraction of sp³-hybridized carbons (Fsp3) is 0.222. The highest BCUT2D eigenvalue weighted by Gasteiger charge is 2.42. The molecule has 0 radical (unpaired) electrons. The van der Waals surface area contributed by atoms with Gasteiger partial charge in [0, 0.05) is 114 Å². The molecule has 4 aliphatic rings. The molecule has 0 N–H and O–H groups in total. The number of halogens is 4. The SMILES string of the molecule is CCCCCCCCN1C(=O)c2cnc3c4c(F)cc5c6c(cnc(c7c(F)cc(c2c37)C1=O)c64)C(=O)N(CCCCCCCC)C5=O.O=C1c2ccc3c4ncc5c6c(ccc(c7ncc(c2c37)C(=O)N1c1ccc(F)cc1)c64)C(=O)N(c1ccc(F)cc1)C5=O. The zero-order valence-corrected chi connectivity index (χ0v) is 49.6. The van der Waals surface area contributed by atoms with E-state index in [-0.39, 0.29) is 112 Å². The lowest BCUT2D eigenvalue weighted by Crippen LogP contribution is -2.41. The number of benzene rings is 8. The van der Waals surface area contributed by atoms with Crippen LogP contribution in [0.4, 0.5) is 28.9 Å². The summed E-state index contributed by atoms with van der Waals surface area (Å²) in [5, 5.41) is 3.78. The van der Waals surface area contributed by atoms with Gasteiger partial charge in [0.25, 0.3) is 47.3 Å². The van der Waals surface area contributed by atoms with Gasteiger partial charge in [-0.3, -0.25) is 68.1 Å². The van der Waals surface area contributed by atoms with E-state index in [1.807, 2.05) is 0 Å². The molecule has 4 aromatic heterocycles. The number of unbranched alkanes of at least 4 members (excludes halogenated alkanes) is 10. The molecule has 92 heavy (non-hydrogen) atoms. The molecular formula is C72H52F4N8O8. The van der Waals surface area contributed by atoms with Crippen molar-refractivity contribution in [2.75, 3.05) is 22.9 Å². The summed E-state index contributed by atoms with van der Waals surface area (Å²) in [6.07, 6.45) is 17.1. The van der Waals surface area contributed by atoms with Gasteiger partial charge in [0.05, 0.1) is 66.8 Å². The number of aromatic nitrogens is 4. The smallest absolute Gasteiger partial charge is 0.267 e. The standard InChI is InChI=1S/C38H38F2N4O4.C34H14F2N4O4/c1-3-5-7-9-11-13-15-43-35(45)21-17-25(39)29-31-27(21)23(37(43)47)19-41-33(31)30-26(40)18-22-28-24(20-42-34(29)32(28)30)38(48)44(36(22)46)16-14-12-10-8-6-4-2;35-15-1-5-17(6-2-15)39-31(41)21-11-9-19-27-25(21)23(33(39)43)13-37-29(27)20-10-12-22-26-24(14-38-30(19)28(20)26)34(44)40(32(22)42)18-7-3-16(36)4-8-18/h17-20H,3-16H2,1-2H3;1-14H. The number of fused-ring (bicyclic) bond motifs is 4. The lowest BCUT2D eigenvalue weighted by atomic mass is 9.85. The second-order valence-corrected chi connectivity index (χ2v) is 23.9. The van der Waals surface area contributed by atoms with E-state index >= 15 is 8.78 Å². The Kier molecular flexibility index (Phi) is 13.8. The van der Waals surface area contributed by atoms with Crippen LogP contribution in [0.1, 0.15) is 174 Å². The maximum atomic E-state index is 16.3. The number of anilines is 2. The van der Waals surface area contributed by atoms with Crippen molar-refractivity contribution in [1.29, 1.82) is 0 Å². The van der Waals surface area contributed by atoms with Crippen molar-refractivity contribution < 1.29 is 55.9 Å². The Morgan fingerprint density at radius 3 is 1.00 bits per heavy atom. The van der Waals surface area contributed by atoms with Crippen molar-refractivity contribution in [3.05, 3.63) is 177 Å². The molecule has 8 heterocycles. The zero-order valence-electron chi connectivity index (χ0n) is 49.6. The number of carbonyl (C=O) groups excluding carboxylic acids is 8. The molecule has 0 spiro atoms. The van der Waals surface area contributed by atoms with Crippen LogP contribution in [-0.2, 0) is 0 Å². The molecule has 20 heteroatoms. The van der Waals surface area contributed by atoms with E-state index in [0.29, 0.717) is 56.2 Å². The van der Waals surface area contributed by atoms with Crippen LogP contribution in [-0.4, -0.2) is 90.1 Å². The third-order valence-corrected chi connectivity index (χ3v) is 18.5. The molecule has 0 fully saturated rings. The average Bonchev–Trinajstić information content (AvgIpc) is 0.693.